The molecule has 0 saturated carbocycles. The van der Waals surface area contributed by atoms with Crippen LogP contribution in [0.4, 0.5) is 0 Å². The van der Waals surface area contributed by atoms with Gasteiger partial charge in [-0.3, -0.25) is 9.59 Å². The van der Waals surface area contributed by atoms with Crippen molar-refractivity contribution in [2.24, 2.45) is 5.92 Å². The lowest BCUT2D eigenvalue weighted by molar-refractivity contribution is -0.144. The summed E-state index contributed by atoms with van der Waals surface area (Å²) in [5, 5.41) is 8.95. The monoisotopic (exact) mass is 470 g/mol. The number of benzene rings is 1. The molecule has 0 saturated heterocycles. The first-order valence-corrected chi connectivity index (χ1v) is 12.8. The van der Waals surface area contributed by atoms with E-state index in [9.17, 15) is 14.7 Å². The number of rotatable bonds is 14. The molecule has 1 heterocycles. The minimum absolute atomic E-state index is 0.110. The maximum atomic E-state index is 13.5. The second-order valence-corrected chi connectivity index (χ2v) is 10.1. The second kappa shape index (κ2) is 13.2. The van der Waals surface area contributed by atoms with E-state index in [-0.39, 0.29) is 11.8 Å². The Morgan fingerprint density at radius 2 is 1.77 bits per heavy atom. The van der Waals surface area contributed by atoms with Crippen LogP contribution in [-0.2, 0) is 9.59 Å². The van der Waals surface area contributed by atoms with Crippen LogP contribution in [0.3, 0.4) is 0 Å². The SMILES string of the molecule is CCCCCN(CCCCC)C(=O)C(Sc1nc2ccccc2s1)C(CCl)C(=O)O. The smallest absolute Gasteiger partial charge is 0.309 e. The van der Waals surface area contributed by atoms with E-state index in [0.29, 0.717) is 17.4 Å². The summed E-state index contributed by atoms with van der Waals surface area (Å²) < 4.78 is 1.72. The van der Waals surface area contributed by atoms with Crippen LogP contribution in [0.15, 0.2) is 28.6 Å². The van der Waals surface area contributed by atoms with Crippen LogP contribution >= 0.6 is 34.7 Å². The van der Waals surface area contributed by atoms with Gasteiger partial charge in [0.25, 0.3) is 0 Å². The first-order valence-electron chi connectivity index (χ1n) is 10.6. The van der Waals surface area contributed by atoms with Crippen LogP contribution in [0, 0.1) is 5.92 Å². The van der Waals surface area contributed by atoms with Crippen molar-refractivity contribution in [3.8, 4) is 0 Å². The molecular weight excluding hydrogens is 440 g/mol. The molecule has 5 nitrogen and oxygen atoms in total. The van der Waals surface area contributed by atoms with Crippen LogP contribution in [0.1, 0.15) is 52.4 Å². The molecule has 0 bridgehead atoms. The number of fused-ring (bicyclic) bond motifs is 1. The highest BCUT2D eigenvalue weighted by Crippen LogP contribution is 2.36. The van der Waals surface area contributed by atoms with Gasteiger partial charge in [-0.1, -0.05) is 63.4 Å². The summed E-state index contributed by atoms with van der Waals surface area (Å²) in [6, 6.07) is 7.76. The van der Waals surface area contributed by atoms with Crippen molar-refractivity contribution in [1.29, 1.82) is 0 Å². The first kappa shape index (κ1) is 25.0. The molecule has 0 fully saturated rings. The van der Waals surface area contributed by atoms with E-state index in [0.717, 1.165) is 48.7 Å². The van der Waals surface area contributed by atoms with Gasteiger partial charge in [0.1, 0.15) is 5.25 Å². The first-order chi connectivity index (χ1) is 14.5. The lowest BCUT2D eigenvalue weighted by Gasteiger charge is -2.29. The van der Waals surface area contributed by atoms with Gasteiger partial charge in [0.15, 0.2) is 4.34 Å². The minimum atomic E-state index is -1.04. The van der Waals surface area contributed by atoms with E-state index >= 15 is 0 Å². The molecule has 1 N–H and O–H groups in total. The van der Waals surface area contributed by atoms with Crippen molar-refractivity contribution in [3.63, 3.8) is 0 Å². The summed E-state index contributed by atoms with van der Waals surface area (Å²) >= 11 is 8.75. The van der Waals surface area contributed by atoms with Crippen molar-refractivity contribution in [2.75, 3.05) is 19.0 Å². The lowest BCUT2D eigenvalue weighted by atomic mass is 10.1. The van der Waals surface area contributed by atoms with Gasteiger partial charge in [0, 0.05) is 19.0 Å². The molecule has 2 atom stereocenters. The number of para-hydroxylation sites is 1. The normalized spacial score (nSPS) is 13.3. The number of carboxylic acids is 1. The van der Waals surface area contributed by atoms with Crippen LogP contribution in [0.25, 0.3) is 10.2 Å². The number of alkyl halides is 1. The summed E-state index contributed by atoms with van der Waals surface area (Å²) in [6.07, 6.45) is 6.08. The largest absolute Gasteiger partial charge is 0.481 e. The molecule has 2 unspecified atom stereocenters. The van der Waals surface area contributed by atoms with Gasteiger partial charge >= 0.3 is 5.97 Å². The fraction of sp³-hybridized carbons (Fsp3) is 0.591. The molecule has 1 amide bonds. The molecule has 8 heteroatoms. The lowest BCUT2D eigenvalue weighted by Crippen LogP contribution is -2.44. The molecule has 1 aromatic heterocycles. The topological polar surface area (TPSA) is 70.5 Å². The zero-order valence-electron chi connectivity index (χ0n) is 17.7. The van der Waals surface area contributed by atoms with E-state index in [4.69, 9.17) is 11.6 Å². The van der Waals surface area contributed by atoms with Gasteiger partial charge in [0.2, 0.25) is 5.91 Å². The standard InChI is InChI=1S/C22H31ClN2O3S2/c1-3-5-9-13-25(14-10-6-4-2)20(26)19(16(15-23)21(27)28)30-22-24-17-11-7-8-12-18(17)29-22/h7-8,11-12,16,19H,3-6,9-10,13-15H2,1-2H3,(H,27,28). The minimum Gasteiger partial charge on any atom is -0.481 e. The Labute approximate surface area is 192 Å². The maximum Gasteiger partial charge on any atom is 0.309 e. The van der Waals surface area contributed by atoms with Gasteiger partial charge in [-0.2, -0.15) is 0 Å². The number of carbonyl (C=O) groups is 2. The molecule has 30 heavy (non-hydrogen) atoms. The Morgan fingerprint density at radius 1 is 1.13 bits per heavy atom. The molecule has 0 spiro atoms. The fourth-order valence-electron chi connectivity index (χ4n) is 3.21. The van der Waals surface area contributed by atoms with Crippen molar-refractivity contribution in [3.05, 3.63) is 24.3 Å². The Morgan fingerprint density at radius 3 is 2.30 bits per heavy atom. The highest BCUT2D eigenvalue weighted by Gasteiger charge is 2.37. The molecule has 2 rings (SSSR count). The molecule has 0 radical (unpaired) electrons. The predicted molar refractivity (Wildman–Crippen MR) is 127 cm³/mol. The Hall–Kier alpha value is -1.31. The Bertz CT molecular complexity index is 772. The fourth-order valence-corrected chi connectivity index (χ4v) is 6.09. The van der Waals surface area contributed by atoms with E-state index in [1.54, 1.807) is 0 Å². The van der Waals surface area contributed by atoms with Crippen molar-refractivity contribution >= 4 is 56.8 Å². The van der Waals surface area contributed by atoms with Crippen molar-refractivity contribution in [1.82, 2.24) is 9.88 Å². The number of hydrogen-bond donors (Lipinski definition) is 1. The van der Waals surface area contributed by atoms with Gasteiger partial charge in [-0.05, 0) is 25.0 Å². The number of hydrogen-bond acceptors (Lipinski definition) is 5. The van der Waals surface area contributed by atoms with Gasteiger partial charge < -0.3 is 10.0 Å². The molecule has 1 aromatic carbocycles. The average Bonchev–Trinajstić information content (AvgIpc) is 3.14. The summed E-state index contributed by atoms with van der Waals surface area (Å²) in [6.45, 7) is 5.57. The predicted octanol–water partition coefficient (Wildman–Crippen LogP) is 5.91. The molecule has 0 aliphatic heterocycles. The number of nitrogens with zero attached hydrogens (tertiary/aromatic N) is 2. The number of thiazole rings is 1. The van der Waals surface area contributed by atoms with E-state index in [2.05, 4.69) is 18.8 Å². The van der Waals surface area contributed by atoms with Crippen molar-refractivity contribution < 1.29 is 14.7 Å². The quantitative estimate of drug-likeness (QED) is 0.211. The van der Waals surface area contributed by atoms with Gasteiger partial charge in [0.05, 0.1) is 16.1 Å². The molecule has 0 aliphatic carbocycles. The number of aromatic nitrogens is 1. The zero-order chi connectivity index (χ0) is 21.9. The molecular formula is C22H31ClN2O3S2. The number of carbonyl (C=O) groups excluding carboxylic acids is 1. The van der Waals surface area contributed by atoms with Crippen molar-refractivity contribution in [2.45, 2.75) is 62.0 Å². The number of unbranched alkanes of at least 4 members (excludes halogenated alkanes) is 4. The number of halogens is 1. The summed E-state index contributed by atoms with van der Waals surface area (Å²) in [5.74, 6) is -2.25. The van der Waals surface area contributed by atoms with Crippen LogP contribution in [-0.4, -0.2) is 51.1 Å². The van der Waals surface area contributed by atoms with E-state index in [1.807, 2.05) is 29.2 Å². The van der Waals surface area contributed by atoms with E-state index < -0.39 is 17.1 Å². The third-order valence-electron chi connectivity index (χ3n) is 4.97. The molecule has 2 aromatic rings. The van der Waals surface area contributed by atoms with Crippen LogP contribution in [0.5, 0.6) is 0 Å². The third-order valence-corrected chi connectivity index (χ3v) is 7.75. The number of amides is 1. The summed E-state index contributed by atoms with van der Waals surface area (Å²) in [5.41, 5.74) is 0.858. The Balaban J connectivity index is 2.27. The molecule has 0 aliphatic rings. The average molecular weight is 471 g/mol. The number of carboxylic acid groups (broad SMARTS) is 1. The van der Waals surface area contributed by atoms with Gasteiger partial charge in [-0.15, -0.1) is 22.9 Å². The maximum absolute atomic E-state index is 13.5. The van der Waals surface area contributed by atoms with Gasteiger partial charge in [-0.25, -0.2) is 4.98 Å². The summed E-state index contributed by atoms with van der Waals surface area (Å²) in [7, 11) is 0. The van der Waals surface area contributed by atoms with E-state index in [1.165, 1.54) is 23.1 Å². The number of thioether (sulfide) groups is 1. The third kappa shape index (κ3) is 7.13. The molecule has 166 valence electrons. The highest BCUT2D eigenvalue weighted by atomic mass is 35.5. The highest BCUT2D eigenvalue weighted by molar-refractivity contribution is 8.02. The Kier molecular flexibility index (Phi) is 11.0. The zero-order valence-corrected chi connectivity index (χ0v) is 20.1. The van der Waals surface area contributed by atoms with Crippen LogP contribution < -0.4 is 0 Å². The summed E-state index contributed by atoms with van der Waals surface area (Å²) in [4.78, 5) is 31.9. The second-order valence-electron chi connectivity index (χ2n) is 7.32. The number of aliphatic carboxylic acids is 1. The van der Waals surface area contributed by atoms with Crippen LogP contribution in [0.2, 0.25) is 0 Å².